The van der Waals surface area contributed by atoms with Gasteiger partial charge >= 0.3 is 0 Å². The maximum atomic E-state index is 11.9. The second-order valence-electron chi connectivity index (χ2n) is 4.07. The van der Waals surface area contributed by atoms with Gasteiger partial charge in [-0.05, 0) is 24.6 Å². The number of ether oxygens (including phenoxy) is 1. The van der Waals surface area contributed by atoms with Gasteiger partial charge in [0.15, 0.2) is 5.82 Å². The lowest BCUT2D eigenvalue weighted by atomic mass is 10.2. The van der Waals surface area contributed by atoms with Gasteiger partial charge in [-0.15, -0.1) is 0 Å². The average molecular weight is 259 g/mol. The van der Waals surface area contributed by atoms with Gasteiger partial charge in [0.1, 0.15) is 5.75 Å². The van der Waals surface area contributed by atoms with Crippen molar-refractivity contribution in [3.05, 3.63) is 52.6 Å². The molecule has 0 fully saturated rings. The summed E-state index contributed by atoms with van der Waals surface area (Å²) in [5.41, 5.74) is 0.965. The van der Waals surface area contributed by atoms with Crippen LogP contribution in [0.1, 0.15) is 12.5 Å². The molecular weight excluding hydrogens is 242 g/mol. The van der Waals surface area contributed by atoms with Gasteiger partial charge in [-0.1, -0.05) is 12.1 Å². The van der Waals surface area contributed by atoms with Crippen LogP contribution in [0.25, 0.3) is 0 Å². The van der Waals surface area contributed by atoms with Crippen LogP contribution in [0.5, 0.6) is 5.75 Å². The first kappa shape index (κ1) is 13.1. The van der Waals surface area contributed by atoms with Crippen LogP contribution in [0.15, 0.2) is 41.5 Å². The monoisotopic (exact) mass is 259 g/mol. The molecule has 0 bridgehead atoms. The third-order valence-corrected chi connectivity index (χ3v) is 2.87. The minimum Gasteiger partial charge on any atom is -0.497 e. The molecule has 0 saturated heterocycles. The van der Waals surface area contributed by atoms with E-state index >= 15 is 0 Å². The zero-order valence-corrected chi connectivity index (χ0v) is 11.1. The number of nitrogens with zero attached hydrogens (tertiary/aromatic N) is 2. The minimum atomic E-state index is -0.0986. The number of aryl methyl sites for hydroxylation is 1. The van der Waals surface area contributed by atoms with E-state index in [2.05, 4.69) is 10.3 Å². The van der Waals surface area contributed by atoms with Crippen molar-refractivity contribution in [1.82, 2.24) is 9.55 Å². The first-order valence-corrected chi connectivity index (χ1v) is 6.17. The third-order valence-electron chi connectivity index (χ3n) is 2.87. The Hall–Kier alpha value is -2.30. The Labute approximate surface area is 111 Å². The molecule has 0 aliphatic rings. The van der Waals surface area contributed by atoms with E-state index in [1.165, 1.54) is 0 Å². The predicted octanol–water partition coefficient (Wildman–Crippen LogP) is 1.88. The summed E-state index contributed by atoms with van der Waals surface area (Å²) >= 11 is 0. The maximum absolute atomic E-state index is 11.9. The Morgan fingerprint density at radius 2 is 2.05 bits per heavy atom. The molecule has 19 heavy (non-hydrogen) atoms. The molecular formula is C14H17N3O2. The summed E-state index contributed by atoms with van der Waals surface area (Å²) in [7, 11) is 1.63. The highest BCUT2D eigenvalue weighted by Crippen LogP contribution is 2.11. The van der Waals surface area contributed by atoms with Crippen LogP contribution in [0.2, 0.25) is 0 Å². The quantitative estimate of drug-likeness (QED) is 0.890. The van der Waals surface area contributed by atoms with Gasteiger partial charge in [-0.2, -0.15) is 0 Å². The van der Waals surface area contributed by atoms with Crippen molar-refractivity contribution in [2.45, 2.75) is 20.0 Å². The number of aromatic nitrogens is 2. The molecule has 0 atom stereocenters. The predicted molar refractivity (Wildman–Crippen MR) is 74.5 cm³/mol. The number of hydrogen-bond donors (Lipinski definition) is 1. The summed E-state index contributed by atoms with van der Waals surface area (Å²) in [5.74, 6) is 1.19. The van der Waals surface area contributed by atoms with Crippen molar-refractivity contribution in [2.75, 3.05) is 12.4 Å². The van der Waals surface area contributed by atoms with Gasteiger partial charge in [0.25, 0.3) is 5.56 Å². The van der Waals surface area contributed by atoms with Crippen molar-refractivity contribution >= 4 is 5.82 Å². The summed E-state index contributed by atoms with van der Waals surface area (Å²) < 4.78 is 6.71. The Bertz CT molecular complexity index is 590. The molecule has 0 aliphatic heterocycles. The van der Waals surface area contributed by atoms with Gasteiger partial charge in [-0.3, -0.25) is 4.79 Å². The van der Waals surface area contributed by atoms with E-state index in [0.717, 1.165) is 11.3 Å². The molecule has 0 aliphatic carbocycles. The van der Waals surface area contributed by atoms with Crippen LogP contribution < -0.4 is 15.6 Å². The van der Waals surface area contributed by atoms with Crippen molar-refractivity contribution < 1.29 is 4.74 Å². The van der Waals surface area contributed by atoms with Gasteiger partial charge in [0.2, 0.25) is 0 Å². The van der Waals surface area contributed by atoms with Crippen LogP contribution in [0.3, 0.4) is 0 Å². The SMILES string of the molecule is CCn1ccnc(NCc2ccc(OC)cc2)c1=O. The van der Waals surface area contributed by atoms with E-state index in [1.807, 2.05) is 31.2 Å². The van der Waals surface area contributed by atoms with Crippen molar-refractivity contribution in [1.29, 1.82) is 0 Å². The van der Waals surface area contributed by atoms with E-state index in [0.29, 0.717) is 18.9 Å². The zero-order valence-electron chi connectivity index (χ0n) is 11.1. The third kappa shape index (κ3) is 3.13. The smallest absolute Gasteiger partial charge is 0.293 e. The number of nitrogens with one attached hydrogen (secondary N) is 1. The zero-order chi connectivity index (χ0) is 13.7. The highest BCUT2D eigenvalue weighted by Gasteiger charge is 2.03. The number of rotatable bonds is 5. The lowest BCUT2D eigenvalue weighted by Crippen LogP contribution is -2.23. The van der Waals surface area contributed by atoms with Gasteiger partial charge in [0.05, 0.1) is 7.11 Å². The molecule has 2 rings (SSSR count). The van der Waals surface area contributed by atoms with Crippen LogP contribution >= 0.6 is 0 Å². The molecule has 0 saturated carbocycles. The molecule has 1 N–H and O–H groups in total. The standard InChI is InChI=1S/C14H17N3O2/c1-3-17-9-8-15-13(14(17)18)16-10-11-4-6-12(19-2)7-5-11/h4-9H,3,10H2,1-2H3,(H,15,16). The maximum Gasteiger partial charge on any atom is 0.293 e. The first-order valence-electron chi connectivity index (χ1n) is 6.17. The fourth-order valence-corrected chi connectivity index (χ4v) is 1.75. The number of hydrogen-bond acceptors (Lipinski definition) is 4. The average Bonchev–Trinajstić information content (AvgIpc) is 2.47. The summed E-state index contributed by atoms with van der Waals surface area (Å²) in [6.07, 6.45) is 3.31. The highest BCUT2D eigenvalue weighted by molar-refractivity contribution is 5.34. The molecule has 0 spiro atoms. The fourth-order valence-electron chi connectivity index (χ4n) is 1.75. The van der Waals surface area contributed by atoms with Gasteiger partial charge < -0.3 is 14.6 Å². The Balaban J connectivity index is 2.08. The van der Waals surface area contributed by atoms with Crippen LogP contribution in [-0.2, 0) is 13.1 Å². The van der Waals surface area contributed by atoms with E-state index in [1.54, 1.807) is 24.1 Å². The molecule has 0 radical (unpaired) electrons. The highest BCUT2D eigenvalue weighted by atomic mass is 16.5. The van der Waals surface area contributed by atoms with E-state index in [-0.39, 0.29) is 5.56 Å². The van der Waals surface area contributed by atoms with Gasteiger partial charge in [0, 0.05) is 25.5 Å². The van der Waals surface area contributed by atoms with Gasteiger partial charge in [-0.25, -0.2) is 4.98 Å². The molecule has 1 heterocycles. The molecule has 1 aromatic heterocycles. The Morgan fingerprint density at radius 3 is 2.68 bits per heavy atom. The molecule has 1 aromatic carbocycles. The summed E-state index contributed by atoms with van der Waals surface area (Å²) in [4.78, 5) is 16.0. The summed E-state index contributed by atoms with van der Waals surface area (Å²) in [6.45, 7) is 3.12. The molecule has 100 valence electrons. The van der Waals surface area contributed by atoms with Crippen molar-refractivity contribution in [2.24, 2.45) is 0 Å². The summed E-state index contributed by atoms with van der Waals surface area (Å²) in [5, 5.41) is 3.06. The first-order chi connectivity index (χ1) is 9.24. The topological polar surface area (TPSA) is 56.1 Å². The molecule has 0 unspecified atom stereocenters. The van der Waals surface area contributed by atoms with Crippen LogP contribution in [-0.4, -0.2) is 16.7 Å². The Kier molecular flexibility index (Phi) is 4.18. The fraction of sp³-hybridized carbons (Fsp3) is 0.286. The second-order valence-corrected chi connectivity index (χ2v) is 4.07. The number of anilines is 1. The number of benzene rings is 1. The van der Waals surface area contributed by atoms with Crippen molar-refractivity contribution in [3.8, 4) is 5.75 Å². The van der Waals surface area contributed by atoms with E-state index in [4.69, 9.17) is 4.74 Å². The minimum absolute atomic E-state index is 0.0986. The van der Waals surface area contributed by atoms with Crippen LogP contribution in [0.4, 0.5) is 5.82 Å². The van der Waals surface area contributed by atoms with E-state index in [9.17, 15) is 4.79 Å². The lowest BCUT2D eigenvalue weighted by molar-refractivity contribution is 0.414. The summed E-state index contributed by atoms with van der Waals surface area (Å²) in [6, 6.07) is 7.68. The molecule has 5 nitrogen and oxygen atoms in total. The van der Waals surface area contributed by atoms with Crippen LogP contribution in [0, 0.1) is 0 Å². The molecule has 2 aromatic rings. The largest absolute Gasteiger partial charge is 0.497 e. The normalized spacial score (nSPS) is 10.2. The number of methoxy groups -OCH3 is 1. The Morgan fingerprint density at radius 1 is 1.32 bits per heavy atom. The van der Waals surface area contributed by atoms with E-state index < -0.39 is 0 Å². The second kappa shape index (κ2) is 6.04. The molecule has 5 heteroatoms. The lowest BCUT2D eigenvalue weighted by Gasteiger charge is -2.08. The molecule has 0 amide bonds. The van der Waals surface area contributed by atoms with Crippen molar-refractivity contribution in [3.63, 3.8) is 0 Å².